The van der Waals surface area contributed by atoms with Crippen LogP contribution in [0.4, 0.5) is 0 Å². The van der Waals surface area contributed by atoms with Crippen LogP contribution in [0.1, 0.15) is 36.9 Å². The van der Waals surface area contributed by atoms with Crippen molar-refractivity contribution in [2.24, 2.45) is 11.8 Å². The highest BCUT2D eigenvalue weighted by molar-refractivity contribution is 5.76. The molecule has 2 aromatic carbocycles. The molecule has 3 unspecified atom stereocenters. The number of carbonyl (C=O) groups is 1. The highest BCUT2D eigenvalue weighted by atomic mass is 16.5. The van der Waals surface area contributed by atoms with E-state index in [0.29, 0.717) is 18.3 Å². The number of amides is 1. The lowest BCUT2D eigenvalue weighted by molar-refractivity contribution is -0.122. The molecule has 1 amide bonds. The van der Waals surface area contributed by atoms with E-state index in [1.807, 2.05) is 42.5 Å². The normalized spacial score (nSPS) is 20.2. The Bertz CT molecular complexity index is 683. The third kappa shape index (κ3) is 4.16. The molecule has 1 aliphatic carbocycles. The van der Waals surface area contributed by atoms with E-state index in [1.54, 1.807) is 7.11 Å². The van der Waals surface area contributed by atoms with Crippen molar-refractivity contribution in [3.05, 3.63) is 65.7 Å². The summed E-state index contributed by atoms with van der Waals surface area (Å²) in [7, 11) is 1.66. The van der Waals surface area contributed by atoms with Crippen molar-refractivity contribution in [3.63, 3.8) is 0 Å². The number of aryl methyl sites for hydroxylation is 1. The first kappa shape index (κ1) is 16.6. The second-order valence-corrected chi connectivity index (χ2v) is 6.68. The average molecular weight is 323 g/mol. The summed E-state index contributed by atoms with van der Waals surface area (Å²) >= 11 is 0. The molecule has 1 saturated carbocycles. The average Bonchev–Trinajstić information content (AvgIpc) is 3.35. The third-order valence-electron chi connectivity index (χ3n) is 4.85. The lowest BCUT2D eigenvalue weighted by Crippen LogP contribution is -2.30. The SMILES string of the molecule is COc1cccc(CCC(=O)NC(c2ccccc2)C2CC2C)c1. The van der Waals surface area contributed by atoms with E-state index in [4.69, 9.17) is 4.74 Å². The van der Waals surface area contributed by atoms with Crippen molar-refractivity contribution in [2.45, 2.75) is 32.2 Å². The summed E-state index contributed by atoms with van der Waals surface area (Å²) in [5, 5.41) is 3.25. The molecule has 3 nitrogen and oxygen atoms in total. The summed E-state index contributed by atoms with van der Waals surface area (Å²) in [6.07, 6.45) is 2.41. The van der Waals surface area contributed by atoms with E-state index in [0.717, 1.165) is 17.7 Å². The summed E-state index contributed by atoms with van der Waals surface area (Å²) in [5.74, 6) is 2.20. The number of carbonyl (C=O) groups excluding carboxylic acids is 1. The Balaban J connectivity index is 1.59. The van der Waals surface area contributed by atoms with Crippen LogP contribution in [0.2, 0.25) is 0 Å². The first-order chi connectivity index (χ1) is 11.7. The van der Waals surface area contributed by atoms with Gasteiger partial charge in [-0.1, -0.05) is 49.4 Å². The standard InChI is InChI=1S/C21H25NO2/c1-15-13-19(15)21(17-8-4-3-5-9-17)22-20(23)12-11-16-7-6-10-18(14-16)24-2/h3-10,14-15,19,21H,11-13H2,1-2H3,(H,22,23). The van der Waals surface area contributed by atoms with Crippen LogP contribution in [0.5, 0.6) is 5.75 Å². The van der Waals surface area contributed by atoms with Crippen LogP contribution >= 0.6 is 0 Å². The van der Waals surface area contributed by atoms with Gasteiger partial charge in [-0.05, 0) is 47.9 Å². The zero-order valence-electron chi connectivity index (χ0n) is 14.4. The topological polar surface area (TPSA) is 38.3 Å². The molecule has 0 aromatic heterocycles. The van der Waals surface area contributed by atoms with Crippen molar-refractivity contribution >= 4 is 5.91 Å². The number of benzene rings is 2. The minimum atomic E-state index is 0.116. The van der Waals surface area contributed by atoms with Gasteiger partial charge in [0.25, 0.3) is 0 Å². The molecular weight excluding hydrogens is 298 g/mol. The number of nitrogens with one attached hydrogen (secondary N) is 1. The number of methoxy groups -OCH3 is 1. The summed E-state index contributed by atoms with van der Waals surface area (Å²) in [6, 6.07) is 18.4. The van der Waals surface area contributed by atoms with E-state index >= 15 is 0 Å². The highest BCUT2D eigenvalue weighted by Crippen LogP contribution is 2.46. The first-order valence-electron chi connectivity index (χ1n) is 8.64. The number of hydrogen-bond acceptors (Lipinski definition) is 2. The number of ether oxygens (including phenoxy) is 1. The van der Waals surface area contributed by atoms with Gasteiger partial charge in [-0.3, -0.25) is 4.79 Å². The van der Waals surface area contributed by atoms with Gasteiger partial charge in [0, 0.05) is 6.42 Å². The Kier molecular flexibility index (Phi) is 5.19. The molecular formula is C21H25NO2. The molecule has 3 atom stereocenters. The molecule has 1 N–H and O–H groups in total. The van der Waals surface area contributed by atoms with E-state index < -0.39 is 0 Å². The number of hydrogen-bond donors (Lipinski definition) is 1. The Morgan fingerprint density at radius 1 is 1.21 bits per heavy atom. The quantitative estimate of drug-likeness (QED) is 0.831. The Labute approximate surface area is 144 Å². The van der Waals surface area contributed by atoms with Gasteiger partial charge in [0.2, 0.25) is 5.91 Å². The third-order valence-corrected chi connectivity index (χ3v) is 4.85. The van der Waals surface area contributed by atoms with Gasteiger partial charge in [0.15, 0.2) is 0 Å². The van der Waals surface area contributed by atoms with Gasteiger partial charge in [-0.2, -0.15) is 0 Å². The summed E-state index contributed by atoms with van der Waals surface area (Å²) in [6.45, 7) is 2.25. The van der Waals surface area contributed by atoms with Crippen molar-refractivity contribution in [2.75, 3.05) is 7.11 Å². The van der Waals surface area contributed by atoms with E-state index in [9.17, 15) is 4.79 Å². The zero-order valence-corrected chi connectivity index (χ0v) is 14.4. The van der Waals surface area contributed by atoms with Gasteiger partial charge in [-0.15, -0.1) is 0 Å². The van der Waals surface area contributed by atoms with Crippen LogP contribution in [0.3, 0.4) is 0 Å². The minimum absolute atomic E-state index is 0.116. The summed E-state index contributed by atoms with van der Waals surface area (Å²) in [5.41, 5.74) is 2.34. The summed E-state index contributed by atoms with van der Waals surface area (Å²) in [4.78, 5) is 12.5. The van der Waals surface area contributed by atoms with Crippen LogP contribution in [-0.4, -0.2) is 13.0 Å². The highest BCUT2D eigenvalue weighted by Gasteiger charge is 2.40. The van der Waals surface area contributed by atoms with Crippen LogP contribution in [-0.2, 0) is 11.2 Å². The molecule has 2 aromatic rings. The summed E-state index contributed by atoms with van der Waals surface area (Å²) < 4.78 is 5.24. The fraction of sp³-hybridized carbons (Fsp3) is 0.381. The molecule has 126 valence electrons. The predicted octanol–water partition coefficient (Wildman–Crippen LogP) is 4.14. The molecule has 3 rings (SSSR count). The molecule has 0 aliphatic heterocycles. The molecule has 24 heavy (non-hydrogen) atoms. The van der Waals surface area contributed by atoms with E-state index in [-0.39, 0.29) is 11.9 Å². The Morgan fingerprint density at radius 2 is 1.96 bits per heavy atom. The van der Waals surface area contributed by atoms with Gasteiger partial charge < -0.3 is 10.1 Å². The second-order valence-electron chi connectivity index (χ2n) is 6.68. The van der Waals surface area contributed by atoms with Crippen LogP contribution < -0.4 is 10.1 Å². The second kappa shape index (κ2) is 7.52. The maximum absolute atomic E-state index is 12.5. The van der Waals surface area contributed by atoms with Gasteiger partial charge >= 0.3 is 0 Å². The molecule has 0 spiro atoms. The molecule has 1 aliphatic rings. The zero-order chi connectivity index (χ0) is 16.9. The molecule has 0 saturated heterocycles. The fourth-order valence-corrected chi connectivity index (χ4v) is 3.24. The monoisotopic (exact) mass is 323 g/mol. The van der Waals surface area contributed by atoms with Crippen molar-refractivity contribution in [3.8, 4) is 5.75 Å². The fourth-order valence-electron chi connectivity index (χ4n) is 3.24. The van der Waals surface area contributed by atoms with Crippen molar-refractivity contribution < 1.29 is 9.53 Å². The van der Waals surface area contributed by atoms with Crippen LogP contribution in [0.25, 0.3) is 0 Å². The van der Waals surface area contributed by atoms with Gasteiger partial charge in [0.1, 0.15) is 5.75 Å². The smallest absolute Gasteiger partial charge is 0.220 e. The van der Waals surface area contributed by atoms with Crippen molar-refractivity contribution in [1.29, 1.82) is 0 Å². The Hall–Kier alpha value is -2.29. The van der Waals surface area contributed by atoms with Gasteiger partial charge in [-0.25, -0.2) is 0 Å². The molecule has 0 radical (unpaired) electrons. The van der Waals surface area contributed by atoms with Crippen molar-refractivity contribution in [1.82, 2.24) is 5.32 Å². The Morgan fingerprint density at radius 3 is 2.62 bits per heavy atom. The van der Waals surface area contributed by atoms with E-state index in [2.05, 4.69) is 24.4 Å². The minimum Gasteiger partial charge on any atom is -0.497 e. The molecule has 3 heteroatoms. The lowest BCUT2D eigenvalue weighted by Gasteiger charge is -2.19. The van der Waals surface area contributed by atoms with E-state index in [1.165, 1.54) is 12.0 Å². The largest absolute Gasteiger partial charge is 0.497 e. The van der Waals surface area contributed by atoms with Crippen LogP contribution in [0.15, 0.2) is 54.6 Å². The maximum Gasteiger partial charge on any atom is 0.220 e. The molecule has 0 heterocycles. The van der Waals surface area contributed by atoms with Gasteiger partial charge in [0.05, 0.1) is 13.2 Å². The maximum atomic E-state index is 12.5. The molecule has 1 fully saturated rings. The molecule has 0 bridgehead atoms. The van der Waals surface area contributed by atoms with Crippen LogP contribution in [0, 0.1) is 11.8 Å². The lowest BCUT2D eigenvalue weighted by atomic mass is 10.0. The predicted molar refractivity (Wildman–Crippen MR) is 95.9 cm³/mol. The first-order valence-corrected chi connectivity index (χ1v) is 8.64. The number of rotatable bonds is 7.